The van der Waals surface area contributed by atoms with E-state index in [1.54, 1.807) is 22.1 Å². The van der Waals surface area contributed by atoms with Crippen LogP contribution in [0.25, 0.3) is 0 Å². The molecule has 1 aromatic heterocycles. The summed E-state index contributed by atoms with van der Waals surface area (Å²) < 4.78 is 28.9. The molecule has 3 rings (SSSR count). The van der Waals surface area contributed by atoms with Crippen LogP contribution < -0.4 is 5.32 Å². The first-order chi connectivity index (χ1) is 11.4. The number of amides is 1. The third kappa shape index (κ3) is 3.52. The van der Waals surface area contributed by atoms with E-state index in [0.29, 0.717) is 24.7 Å². The van der Waals surface area contributed by atoms with E-state index in [1.807, 2.05) is 0 Å². The molecule has 1 unspecified atom stereocenters. The zero-order chi connectivity index (χ0) is 17.3. The lowest BCUT2D eigenvalue weighted by Gasteiger charge is -2.29. The smallest absolute Gasteiger partial charge is 0.268 e. The second-order valence-electron chi connectivity index (χ2n) is 7.24. The number of sulfonamides is 1. The summed E-state index contributed by atoms with van der Waals surface area (Å²) in [4.78, 5) is 12.7. The number of nitrogens with one attached hydrogen (secondary N) is 1. The molecular weight excluding hydrogens is 326 g/mol. The molecule has 134 valence electrons. The molecule has 1 aliphatic carbocycles. The zero-order valence-electron chi connectivity index (χ0n) is 14.5. The summed E-state index contributed by atoms with van der Waals surface area (Å²) in [5.41, 5.74) is 0.408. The van der Waals surface area contributed by atoms with Crippen LogP contribution in [-0.2, 0) is 17.1 Å². The third-order valence-electron chi connectivity index (χ3n) is 5.16. The van der Waals surface area contributed by atoms with Gasteiger partial charge in [-0.05, 0) is 37.7 Å². The Hall–Kier alpha value is -1.34. The van der Waals surface area contributed by atoms with Crippen LogP contribution in [-0.4, -0.2) is 42.3 Å². The molecule has 0 aromatic carbocycles. The largest absolute Gasteiger partial charge is 0.348 e. The van der Waals surface area contributed by atoms with Gasteiger partial charge in [0.1, 0.15) is 10.6 Å². The number of piperidine rings is 1. The zero-order valence-corrected chi connectivity index (χ0v) is 15.3. The maximum absolute atomic E-state index is 12.8. The number of hydrogen-bond donors (Lipinski definition) is 1. The molecule has 2 heterocycles. The van der Waals surface area contributed by atoms with Crippen molar-refractivity contribution in [3.63, 3.8) is 0 Å². The second-order valence-corrected chi connectivity index (χ2v) is 9.18. The van der Waals surface area contributed by atoms with E-state index in [1.165, 1.54) is 6.07 Å². The van der Waals surface area contributed by atoms with Crippen LogP contribution in [0.1, 0.15) is 55.9 Å². The van der Waals surface area contributed by atoms with Crippen molar-refractivity contribution in [3.8, 4) is 0 Å². The van der Waals surface area contributed by atoms with Crippen molar-refractivity contribution in [1.82, 2.24) is 14.2 Å². The highest BCUT2D eigenvalue weighted by Crippen LogP contribution is 2.25. The highest BCUT2D eigenvalue weighted by molar-refractivity contribution is 7.89. The molecule has 24 heavy (non-hydrogen) atoms. The van der Waals surface area contributed by atoms with Crippen molar-refractivity contribution in [2.45, 2.75) is 56.4 Å². The molecule has 0 radical (unpaired) electrons. The Balaban J connectivity index is 1.78. The third-order valence-corrected chi connectivity index (χ3v) is 6.99. The van der Waals surface area contributed by atoms with Crippen molar-refractivity contribution in [3.05, 3.63) is 18.0 Å². The van der Waals surface area contributed by atoms with Crippen LogP contribution >= 0.6 is 0 Å². The van der Waals surface area contributed by atoms with Gasteiger partial charge in [0.15, 0.2) is 0 Å². The number of carbonyl (C=O) groups excluding carboxylic acids is 1. The van der Waals surface area contributed by atoms with Gasteiger partial charge in [-0.25, -0.2) is 8.42 Å². The topological polar surface area (TPSA) is 71.4 Å². The molecule has 0 bridgehead atoms. The molecule has 1 aliphatic heterocycles. The van der Waals surface area contributed by atoms with Crippen LogP contribution in [0.3, 0.4) is 0 Å². The molecule has 2 fully saturated rings. The van der Waals surface area contributed by atoms with Gasteiger partial charge in [0.25, 0.3) is 5.91 Å². The summed E-state index contributed by atoms with van der Waals surface area (Å²) in [7, 11) is -1.80. The minimum atomic E-state index is -3.52. The van der Waals surface area contributed by atoms with E-state index in [-0.39, 0.29) is 16.8 Å². The van der Waals surface area contributed by atoms with Crippen molar-refractivity contribution >= 4 is 15.9 Å². The molecule has 6 nitrogen and oxygen atoms in total. The van der Waals surface area contributed by atoms with Gasteiger partial charge in [-0.1, -0.05) is 19.8 Å². The van der Waals surface area contributed by atoms with E-state index in [4.69, 9.17) is 0 Å². The summed E-state index contributed by atoms with van der Waals surface area (Å²) in [6, 6.07) is 1.73. The van der Waals surface area contributed by atoms with E-state index in [0.717, 1.165) is 38.5 Å². The summed E-state index contributed by atoms with van der Waals surface area (Å²) in [6.45, 7) is 3.19. The maximum atomic E-state index is 12.8. The fourth-order valence-corrected chi connectivity index (χ4v) is 5.41. The van der Waals surface area contributed by atoms with Gasteiger partial charge in [-0.3, -0.25) is 4.79 Å². The minimum Gasteiger partial charge on any atom is -0.348 e. The Morgan fingerprint density at radius 2 is 1.92 bits per heavy atom. The highest BCUT2D eigenvalue weighted by Gasteiger charge is 2.31. The normalized spacial score (nSPS) is 23.5. The van der Waals surface area contributed by atoms with Gasteiger partial charge in [0.2, 0.25) is 10.0 Å². The first-order valence-corrected chi connectivity index (χ1v) is 10.3. The first-order valence-electron chi connectivity index (χ1n) is 8.85. The summed E-state index contributed by atoms with van der Waals surface area (Å²) in [5.74, 6) is 0.195. The lowest BCUT2D eigenvalue weighted by molar-refractivity contribution is 0.0929. The fraction of sp³-hybridized carbons (Fsp3) is 0.706. The Kier molecular flexibility index (Phi) is 5.01. The molecule has 1 aromatic rings. The molecule has 7 heteroatoms. The lowest BCUT2D eigenvalue weighted by atomic mass is 10.0. The predicted octanol–water partition coefficient (Wildman–Crippen LogP) is 2.12. The van der Waals surface area contributed by atoms with Crippen LogP contribution in [0.5, 0.6) is 0 Å². The van der Waals surface area contributed by atoms with Gasteiger partial charge in [-0.2, -0.15) is 4.31 Å². The van der Waals surface area contributed by atoms with Crippen molar-refractivity contribution < 1.29 is 13.2 Å². The highest BCUT2D eigenvalue weighted by atomic mass is 32.2. The van der Waals surface area contributed by atoms with Crippen LogP contribution in [0.15, 0.2) is 17.2 Å². The van der Waals surface area contributed by atoms with Crippen LogP contribution in [0, 0.1) is 5.92 Å². The van der Waals surface area contributed by atoms with Gasteiger partial charge >= 0.3 is 0 Å². The van der Waals surface area contributed by atoms with Gasteiger partial charge in [-0.15, -0.1) is 0 Å². The van der Waals surface area contributed by atoms with Gasteiger partial charge < -0.3 is 9.88 Å². The monoisotopic (exact) mass is 353 g/mol. The summed E-state index contributed by atoms with van der Waals surface area (Å²) in [6.07, 6.45) is 7.81. The maximum Gasteiger partial charge on any atom is 0.268 e. The lowest BCUT2D eigenvalue weighted by Crippen LogP contribution is -2.38. The van der Waals surface area contributed by atoms with E-state index in [2.05, 4.69) is 12.2 Å². The molecular formula is C17H27N3O3S. The Morgan fingerprint density at radius 3 is 2.58 bits per heavy atom. The first kappa shape index (κ1) is 17.5. The fourth-order valence-electron chi connectivity index (χ4n) is 3.74. The molecule has 2 aliphatic rings. The van der Waals surface area contributed by atoms with Crippen molar-refractivity contribution in [2.75, 3.05) is 13.1 Å². The molecule has 1 saturated carbocycles. The molecule has 0 spiro atoms. The number of aromatic nitrogens is 1. The van der Waals surface area contributed by atoms with Crippen molar-refractivity contribution in [2.24, 2.45) is 13.0 Å². The Labute approximate surface area is 144 Å². The van der Waals surface area contributed by atoms with E-state index in [9.17, 15) is 13.2 Å². The molecule has 1 N–H and O–H groups in total. The quantitative estimate of drug-likeness (QED) is 0.901. The minimum absolute atomic E-state index is 0.183. The molecule has 1 atom stereocenters. The predicted molar refractivity (Wildman–Crippen MR) is 92.3 cm³/mol. The Morgan fingerprint density at radius 1 is 1.21 bits per heavy atom. The summed E-state index contributed by atoms with van der Waals surface area (Å²) >= 11 is 0. The summed E-state index contributed by atoms with van der Waals surface area (Å²) in [5, 5.41) is 3.02. The number of aryl methyl sites for hydroxylation is 1. The number of nitrogens with zero attached hydrogens (tertiary/aromatic N) is 2. The SMILES string of the molecule is CC1CCCN(S(=O)(=O)c2cc(C(=O)NC3CCCC3)n(C)c2)C1. The average molecular weight is 353 g/mol. The van der Waals surface area contributed by atoms with Crippen LogP contribution in [0.4, 0.5) is 0 Å². The van der Waals surface area contributed by atoms with Gasteiger partial charge in [0, 0.05) is 32.4 Å². The Bertz CT molecular complexity index is 705. The van der Waals surface area contributed by atoms with Crippen LogP contribution in [0.2, 0.25) is 0 Å². The molecule has 1 saturated heterocycles. The number of hydrogen-bond acceptors (Lipinski definition) is 3. The van der Waals surface area contributed by atoms with E-state index >= 15 is 0 Å². The van der Waals surface area contributed by atoms with Gasteiger partial charge in [0.05, 0.1) is 0 Å². The van der Waals surface area contributed by atoms with E-state index < -0.39 is 10.0 Å². The second kappa shape index (κ2) is 6.88. The number of carbonyl (C=O) groups is 1. The molecule has 1 amide bonds. The standard InChI is InChI=1S/C17H27N3O3S/c1-13-6-5-9-20(11-13)24(22,23)15-10-16(19(2)12-15)17(21)18-14-7-3-4-8-14/h10,12-14H,3-9,11H2,1-2H3,(H,18,21). The number of rotatable bonds is 4. The van der Waals surface area contributed by atoms with Crippen molar-refractivity contribution in [1.29, 1.82) is 0 Å². The average Bonchev–Trinajstić information content (AvgIpc) is 3.17.